The Morgan fingerprint density at radius 1 is 0.930 bits per heavy atom. The van der Waals surface area contributed by atoms with Crippen LogP contribution in [-0.2, 0) is 10.2 Å². The molecule has 0 aromatic heterocycles. The third-order valence-electron chi connectivity index (χ3n) is 8.77. The lowest BCUT2D eigenvalue weighted by Crippen LogP contribution is -2.49. The maximum absolute atomic E-state index is 14.9. The summed E-state index contributed by atoms with van der Waals surface area (Å²) in [5, 5.41) is 3.35. The molecular formula is C36H27ClN2O4. The highest BCUT2D eigenvalue weighted by molar-refractivity contribution is 6.34. The summed E-state index contributed by atoms with van der Waals surface area (Å²) in [7, 11) is 0. The fourth-order valence-corrected chi connectivity index (χ4v) is 7.27. The van der Waals surface area contributed by atoms with Crippen LogP contribution in [0.4, 0.5) is 5.69 Å². The first kappa shape index (κ1) is 26.9. The number of hydrogen-bond donors (Lipinski definition) is 1. The Labute approximate surface area is 254 Å². The van der Waals surface area contributed by atoms with Crippen LogP contribution in [0.1, 0.15) is 43.4 Å². The van der Waals surface area contributed by atoms with Crippen molar-refractivity contribution in [3.05, 3.63) is 149 Å². The zero-order valence-electron chi connectivity index (χ0n) is 23.1. The van der Waals surface area contributed by atoms with Crippen molar-refractivity contribution in [1.82, 2.24) is 4.90 Å². The molecule has 0 bridgehead atoms. The van der Waals surface area contributed by atoms with Crippen molar-refractivity contribution < 1.29 is 19.1 Å². The minimum Gasteiger partial charge on any atom is -0.490 e. The number of ketones is 2. The quantitative estimate of drug-likeness (QED) is 0.189. The normalized spacial score (nSPS) is 22.9. The molecule has 0 aliphatic carbocycles. The minimum absolute atomic E-state index is 0.289. The standard InChI is InChI=1S/C36H27ClN2O4/c1-2-21-43-24-17-15-23(16-18-24)32(40)30-31(33(41)26-11-5-7-13-28(26)37)39-20-19-22-9-3-4-10-25(22)34(39)36(30)27-12-6-8-14-29(27)38-35(36)42/h2-20,30-31,34H,1,21H2,(H,38,42). The number of amides is 1. The van der Waals surface area contributed by atoms with Gasteiger partial charge in [0, 0.05) is 23.0 Å². The van der Waals surface area contributed by atoms with Gasteiger partial charge in [-0.2, -0.15) is 0 Å². The topological polar surface area (TPSA) is 75.7 Å². The van der Waals surface area contributed by atoms with Crippen molar-refractivity contribution in [3.8, 4) is 5.75 Å². The van der Waals surface area contributed by atoms with Gasteiger partial charge in [0.2, 0.25) is 5.91 Å². The van der Waals surface area contributed by atoms with Crippen molar-refractivity contribution in [2.24, 2.45) is 5.92 Å². The molecule has 1 spiro atoms. The molecule has 6 nitrogen and oxygen atoms in total. The van der Waals surface area contributed by atoms with Crippen molar-refractivity contribution in [1.29, 1.82) is 0 Å². The van der Waals surface area contributed by atoms with E-state index in [1.54, 1.807) is 54.6 Å². The molecule has 4 aromatic rings. The van der Waals surface area contributed by atoms with Crippen molar-refractivity contribution in [2.45, 2.75) is 17.5 Å². The molecule has 4 atom stereocenters. The number of carbonyl (C=O) groups is 3. The number of rotatable bonds is 7. The van der Waals surface area contributed by atoms with E-state index in [9.17, 15) is 14.4 Å². The first-order chi connectivity index (χ1) is 21.0. The third kappa shape index (κ3) is 3.97. The van der Waals surface area contributed by atoms with Gasteiger partial charge in [-0.05, 0) is 65.2 Å². The van der Waals surface area contributed by atoms with Crippen LogP contribution in [0.5, 0.6) is 5.75 Å². The fraction of sp³-hybridized carbons (Fsp3) is 0.139. The van der Waals surface area contributed by atoms with E-state index in [4.69, 9.17) is 16.3 Å². The Morgan fingerprint density at radius 2 is 1.65 bits per heavy atom. The third-order valence-corrected chi connectivity index (χ3v) is 9.10. The molecule has 1 saturated heterocycles. The van der Waals surface area contributed by atoms with Gasteiger partial charge in [-0.1, -0.05) is 78.9 Å². The largest absolute Gasteiger partial charge is 0.490 e. The van der Waals surface area contributed by atoms with Crippen LogP contribution < -0.4 is 10.1 Å². The number of benzene rings is 4. The zero-order chi connectivity index (χ0) is 29.7. The predicted octanol–water partition coefficient (Wildman–Crippen LogP) is 6.89. The van der Waals surface area contributed by atoms with Crippen molar-refractivity contribution in [2.75, 3.05) is 11.9 Å². The van der Waals surface area contributed by atoms with Gasteiger partial charge >= 0.3 is 0 Å². The van der Waals surface area contributed by atoms with Crippen LogP contribution in [0.25, 0.3) is 6.08 Å². The summed E-state index contributed by atoms with van der Waals surface area (Å²) in [6.45, 7) is 4.01. The molecule has 43 heavy (non-hydrogen) atoms. The number of fused-ring (bicyclic) bond motifs is 6. The van der Waals surface area contributed by atoms with E-state index in [0.717, 1.165) is 11.1 Å². The van der Waals surface area contributed by atoms with Gasteiger partial charge < -0.3 is 15.0 Å². The second-order valence-corrected chi connectivity index (χ2v) is 11.3. The maximum Gasteiger partial charge on any atom is 0.238 e. The summed E-state index contributed by atoms with van der Waals surface area (Å²) in [4.78, 5) is 46.0. The molecule has 0 saturated carbocycles. The molecule has 7 heteroatoms. The van der Waals surface area contributed by atoms with Crippen LogP contribution in [0.3, 0.4) is 0 Å². The summed E-state index contributed by atoms with van der Waals surface area (Å²) < 4.78 is 5.64. The number of nitrogens with zero attached hydrogens (tertiary/aromatic N) is 1. The number of Topliss-reactive ketones (excluding diaryl/α,β-unsaturated/α-hetero) is 2. The van der Waals surface area contributed by atoms with E-state index >= 15 is 0 Å². The molecule has 7 rings (SSSR count). The lowest BCUT2D eigenvalue weighted by molar-refractivity contribution is -0.122. The Morgan fingerprint density at radius 3 is 2.44 bits per heavy atom. The SMILES string of the molecule is C=CCOc1ccc(C(=O)C2C(C(=O)c3ccccc3Cl)N3C=Cc4ccccc4C3C23C(=O)Nc2ccccc23)cc1. The molecule has 1 fully saturated rings. The highest BCUT2D eigenvalue weighted by Gasteiger charge is 2.70. The Kier molecular flexibility index (Phi) is 6.51. The summed E-state index contributed by atoms with van der Waals surface area (Å²) in [6, 6.07) is 27.3. The minimum atomic E-state index is -1.41. The van der Waals surface area contributed by atoms with Crippen LogP contribution in [0, 0.1) is 5.92 Å². The summed E-state index contributed by atoms with van der Waals surface area (Å²) in [6.07, 6.45) is 5.43. The number of ether oxygens (including phenoxy) is 1. The second kappa shape index (κ2) is 10.4. The van der Waals surface area contributed by atoms with E-state index in [1.807, 2.05) is 65.7 Å². The fourth-order valence-electron chi connectivity index (χ4n) is 7.04. The monoisotopic (exact) mass is 586 g/mol. The second-order valence-electron chi connectivity index (χ2n) is 10.9. The Balaban J connectivity index is 1.49. The average Bonchev–Trinajstić information content (AvgIpc) is 3.52. The van der Waals surface area contributed by atoms with E-state index in [2.05, 4.69) is 11.9 Å². The molecule has 4 unspecified atom stereocenters. The molecule has 212 valence electrons. The Bertz CT molecular complexity index is 1830. The molecule has 3 heterocycles. The first-order valence-electron chi connectivity index (χ1n) is 14.1. The molecule has 0 radical (unpaired) electrons. The maximum atomic E-state index is 14.9. The first-order valence-corrected chi connectivity index (χ1v) is 14.5. The van der Waals surface area contributed by atoms with E-state index in [1.165, 1.54) is 0 Å². The van der Waals surface area contributed by atoms with E-state index in [-0.39, 0.29) is 22.5 Å². The number of hydrogen-bond acceptors (Lipinski definition) is 5. The van der Waals surface area contributed by atoms with Crippen LogP contribution >= 0.6 is 11.6 Å². The highest BCUT2D eigenvalue weighted by atomic mass is 35.5. The van der Waals surface area contributed by atoms with Gasteiger partial charge in [0.05, 0.1) is 17.0 Å². The highest BCUT2D eigenvalue weighted by Crippen LogP contribution is 2.62. The van der Waals surface area contributed by atoms with Gasteiger partial charge in [0.1, 0.15) is 23.8 Å². The zero-order valence-corrected chi connectivity index (χ0v) is 23.8. The molecule has 1 amide bonds. The van der Waals surface area contributed by atoms with Gasteiger partial charge in [-0.15, -0.1) is 0 Å². The van der Waals surface area contributed by atoms with Crippen molar-refractivity contribution in [3.63, 3.8) is 0 Å². The summed E-state index contributed by atoms with van der Waals surface area (Å²) in [5.74, 6) is -1.45. The molecule has 3 aliphatic heterocycles. The lowest BCUT2D eigenvalue weighted by Gasteiger charge is -2.38. The van der Waals surface area contributed by atoms with Gasteiger partial charge in [-0.25, -0.2) is 0 Å². The number of nitrogens with one attached hydrogen (secondary N) is 1. The number of para-hydroxylation sites is 1. The smallest absolute Gasteiger partial charge is 0.238 e. The molecule has 4 aromatic carbocycles. The van der Waals surface area contributed by atoms with Crippen LogP contribution in [0.15, 0.2) is 116 Å². The summed E-state index contributed by atoms with van der Waals surface area (Å²) in [5.41, 5.74) is 2.40. The van der Waals surface area contributed by atoms with E-state index in [0.29, 0.717) is 34.7 Å². The van der Waals surface area contributed by atoms with E-state index < -0.39 is 23.4 Å². The molecular weight excluding hydrogens is 560 g/mol. The molecule has 3 aliphatic rings. The van der Waals surface area contributed by atoms with Crippen molar-refractivity contribution >= 4 is 40.8 Å². The molecule has 1 N–H and O–H groups in total. The van der Waals surface area contributed by atoms with Gasteiger partial charge in [0.25, 0.3) is 0 Å². The van der Waals surface area contributed by atoms with Crippen LogP contribution in [-0.4, -0.2) is 35.0 Å². The lowest BCUT2D eigenvalue weighted by atomic mass is 9.62. The van der Waals surface area contributed by atoms with Gasteiger partial charge in [0.15, 0.2) is 11.6 Å². The predicted molar refractivity (Wildman–Crippen MR) is 166 cm³/mol. The Hall–Kier alpha value is -4.94. The number of carbonyl (C=O) groups excluding carboxylic acids is 3. The summed E-state index contributed by atoms with van der Waals surface area (Å²) >= 11 is 6.58. The van der Waals surface area contributed by atoms with Crippen LogP contribution in [0.2, 0.25) is 5.02 Å². The number of halogens is 1. The van der Waals surface area contributed by atoms with Gasteiger partial charge in [-0.3, -0.25) is 14.4 Å². The number of anilines is 1. The average molecular weight is 587 g/mol.